The molecule has 0 saturated heterocycles. The molecule has 0 bridgehead atoms. The fourth-order valence-electron chi connectivity index (χ4n) is 2.85. The molecule has 1 aromatic heterocycles. The number of carbonyl (C=O) groups is 1. The van der Waals surface area contributed by atoms with Gasteiger partial charge in [0.2, 0.25) is 0 Å². The third kappa shape index (κ3) is 4.58. The van der Waals surface area contributed by atoms with Gasteiger partial charge in [0.05, 0.1) is 18.9 Å². The molecule has 7 nitrogen and oxygen atoms in total. The van der Waals surface area contributed by atoms with E-state index in [0.717, 1.165) is 22.6 Å². The second-order valence-corrected chi connectivity index (χ2v) is 7.65. The molecule has 0 fully saturated rings. The topological polar surface area (TPSA) is 105 Å². The zero-order valence-electron chi connectivity index (χ0n) is 16.9. The highest BCUT2D eigenvalue weighted by atomic mass is 32.2. The molecule has 0 amide bonds. The Morgan fingerprint density at radius 3 is 2.43 bits per heavy atom. The normalized spacial score (nSPS) is 11.5. The van der Waals surface area contributed by atoms with Crippen molar-refractivity contribution in [3.63, 3.8) is 0 Å². The summed E-state index contributed by atoms with van der Waals surface area (Å²) in [4.78, 5) is 12.4. The molecule has 30 heavy (non-hydrogen) atoms. The van der Waals surface area contributed by atoms with Crippen molar-refractivity contribution in [2.45, 2.75) is 19.0 Å². The van der Waals surface area contributed by atoms with Crippen LogP contribution in [0.5, 0.6) is 5.75 Å². The molecule has 3 aromatic rings. The zero-order valence-corrected chi connectivity index (χ0v) is 17.7. The first kappa shape index (κ1) is 21.3. The van der Waals surface area contributed by atoms with Gasteiger partial charge in [0, 0.05) is 17.0 Å². The lowest BCUT2D eigenvalue weighted by molar-refractivity contribution is -0.117. The van der Waals surface area contributed by atoms with Gasteiger partial charge in [-0.25, -0.2) is 0 Å². The van der Waals surface area contributed by atoms with Crippen molar-refractivity contribution in [1.29, 1.82) is 10.7 Å². The molecule has 152 valence electrons. The maximum Gasteiger partial charge on any atom is 0.196 e. The number of aryl methyl sites for hydroxylation is 1. The molecule has 0 aliphatic carbocycles. The third-order valence-corrected chi connectivity index (χ3v) is 5.45. The second kappa shape index (κ2) is 9.37. The molecule has 0 aliphatic rings. The van der Waals surface area contributed by atoms with Crippen molar-refractivity contribution in [3.8, 4) is 28.9 Å². The quantitative estimate of drug-likeness (QED) is 0.435. The van der Waals surface area contributed by atoms with Crippen LogP contribution in [0.15, 0.2) is 53.7 Å². The van der Waals surface area contributed by atoms with E-state index >= 15 is 0 Å². The molecule has 0 aliphatic heterocycles. The number of thioether (sulfide) groups is 1. The van der Waals surface area contributed by atoms with Gasteiger partial charge in [0.15, 0.2) is 16.8 Å². The molecule has 1 atom stereocenters. The number of ether oxygens (including phenoxy) is 1. The van der Waals surface area contributed by atoms with Gasteiger partial charge in [-0.05, 0) is 50.2 Å². The third-order valence-electron chi connectivity index (χ3n) is 4.50. The lowest BCUT2D eigenvalue weighted by atomic mass is 10.0. The molecule has 0 saturated carbocycles. The minimum atomic E-state index is -1.03. The van der Waals surface area contributed by atoms with E-state index in [1.165, 1.54) is 18.7 Å². The number of hydrogen-bond acceptors (Lipinski definition) is 7. The van der Waals surface area contributed by atoms with E-state index < -0.39 is 5.92 Å². The van der Waals surface area contributed by atoms with Crippen LogP contribution in [-0.4, -0.2) is 39.1 Å². The first-order valence-corrected chi connectivity index (χ1v) is 10.2. The van der Waals surface area contributed by atoms with Gasteiger partial charge < -0.3 is 10.1 Å². The molecule has 0 radical (unpaired) electrons. The average molecular weight is 420 g/mol. The lowest BCUT2D eigenvalue weighted by Crippen LogP contribution is -2.21. The number of ketones is 1. The van der Waals surface area contributed by atoms with Crippen molar-refractivity contribution in [2.75, 3.05) is 12.9 Å². The van der Waals surface area contributed by atoms with Crippen LogP contribution in [0.25, 0.3) is 17.1 Å². The van der Waals surface area contributed by atoms with Gasteiger partial charge in [0.25, 0.3) is 0 Å². The molecule has 1 N–H and O–H groups in total. The van der Waals surface area contributed by atoms with Crippen molar-refractivity contribution < 1.29 is 9.53 Å². The number of hydrogen-bond donors (Lipinski definition) is 1. The van der Waals surface area contributed by atoms with Crippen molar-refractivity contribution >= 4 is 23.3 Å². The van der Waals surface area contributed by atoms with E-state index in [1.807, 2.05) is 66.1 Å². The van der Waals surface area contributed by atoms with Crippen molar-refractivity contribution in [3.05, 3.63) is 54.1 Å². The minimum absolute atomic E-state index is 0.0288. The Morgan fingerprint density at radius 2 is 1.87 bits per heavy atom. The van der Waals surface area contributed by atoms with Crippen LogP contribution in [0.4, 0.5) is 0 Å². The summed E-state index contributed by atoms with van der Waals surface area (Å²) >= 11 is 1.21. The van der Waals surface area contributed by atoms with E-state index in [0.29, 0.717) is 11.0 Å². The molecular formula is C22H21N5O2S. The van der Waals surface area contributed by atoms with Gasteiger partial charge >= 0.3 is 0 Å². The summed E-state index contributed by atoms with van der Waals surface area (Å²) in [6, 6.07) is 17.3. The largest absolute Gasteiger partial charge is 0.497 e. The van der Waals surface area contributed by atoms with Crippen LogP contribution in [-0.2, 0) is 4.79 Å². The summed E-state index contributed by atoms with van der Waals surface area (Å²) in [5.74, 6) is 0.0521. The van der Waals surface area contributed by atoms with Crippen LogP contribution in [0, 0.1) is 29.6 Å². The van der Waals surface area contributed by atoms with Crippen LogP contribution in [0.1, 0.15) is 12.5 Å². The van der Waals surface area contributed by atoms with E-state index in [2.05, 4.69) is 10.2 Å². The molecular weight excluding hydrogens is 398 g/mol. The van der Waals surface area contributed by atoms with E-state index in [1.54, 1.807) is 7.11 Å². The maximum absolute atomic E-state index is 12.4. The number of Topliss-reactive ketones (excluding diaryl/α,β-unsaturated/α-hetero) is 1. The van der Waals surface area contributed by atoms with Crippen molar-refractivity contribution in [2.24, 2.45) is 5.92 Å². The Labute approximate surface area is 179 Å². The van der Waals surface area contributed by atoms with E-state index in [-0.39, 0.29) is 17.2 Å². The monoisotopic (exact) mass is 419 g/mol. The number of benzene rings is 2. The Hall–Kier alpha value is -3.44. The number of rotatable bonds is 8. The highest BCUT2D eigenvalue weighted by Gasteiger charge is 2.22. The standard InChI is InChI=1S/C22H21N5O2S/c1-14-4-8-17(9-5-14)27-21(16-6-10-18(29-3)11-7-16)25-26-22(27)30-13-20(28)19(12-23)15(2)24/h4-11,19,24H,13H2,1-3H3/t19-/m1/s1. The first-order chi connectivity index (χ1) is 14.4. The maximum atomic E-state index is 12.4. The van der Waals surface area contributed by atoms with Gasteiger partial charge in [0.1, 0.15) is 11.7 Å². The first-order valence-electron chi connectivity index (χ1n) is 9.21. The fourth-order valence-corrected chi connectivity index (χ4v) is 3.70. The summed E-state index contributed by atoms with van der Waals surface area (Å²) in [5.41, 5.74) is 2.89. The summed E-state index contributed by atoms with van der Waals surface area (Å²) in [7, 11) is 1.61. The Bertz CT molecular complexity index is 1100. The van der Waals surface area contributed by atoms with E-state index in [9.17, 15) is 4.79 Å². The highest BCUT2D eigenvalue weighted by molar-refractivity contribution is 7.99. The number of nitrogens with zero attached hydrogens (tertiary/aromatic N) is 4. The summed E-state index contributed by atoms with van der Waals surface area (Å²) in [6.07, 6.45) is 0. The smallest absolute Gasteiger partial charge is 0.196 e. The second-order valence-electron chi connectivity index (χ2n) is 6.71. The number of aromatic nitrogens is 3. The predicted octanol–water partition coefficient (Wildman–Crippen LogP) is 4.09. The molecule has 0 unspecified atom stereocenters. The van der Waals surface area contributed by atoms with Crippen LogP contribution < -0.4 is 4.74 Å². The Morgan fingerprint density at radius 1 is 1.20 bits per heavy atom. The number of nitriles is 1. The van der Waals surface area contributed by atoms with Crippen LogP contribution >= 0.6 is 11.8 Å². The van der Waals surface area contributed by atoms with Crippen molar-refractivity contribution in [1.82, 2.24) is 14.8 Å². The SMILES string of the molecule is COc1ccc(-c2nnc(SCC(=O)[C@H](C#N)C(C)=N)n2-c2ccc(C)cc2)cc1. The predicted molar refractivity (Wildman–Crippen MR) is 116 cm³/mol. The minimum Gasteiger partial charge on any atom is -0.497 e. The van der Waals surface area contributed by atoms with Gasteiger partial charge in [-0.1, -0.05) is 29.5 Å². The highest BCUT2D eigenvalue weighted by Crippen LogP contribution is 2.29. The molecule has 3 rings (SSSR count). The summed E-state index contributed by atoms with van der Waals surface area (Å²) < 4.78 is 7.11. The molecule has 0 spiro atoms. The van der Waals surface area contributed by atoms with Crippen LogP contribution in [0.3, 0.4) is 0 Å². The fraction of sp³-hybridized carbons (Fsp3) is 0.227. The summed E-state index contributed by atoms with van der Waals surface area (Å²) in [5, 5.41) is 26.0. The van der Waals surface area contributed by atoms with E-state index in [4.69, 9.17) is 15.4 Å². The number of nitrogens with one attached hydrogen (secondary N) is 1. The van der Waals surface area contributed by atoms with Gasteiger partial charge in [-0.3, -0.25) is 9.36 Å². The average Bonchev–Trinajstić information content (AvgIpc) is 3.17. The van der Waals surface area contributed by atoms with Gasteiger partial charge in [-0.2, -0.15) is 5.26 Å². The number of carbonyl (C=O) groups excluding carboxylic acids is 1. The Kier molecular flexibility index (Phi) is 6.65. The van der Waals surface area contributed by atoms with Crippen LogP contribution in [0.2, 0.25) is 0 Å². The van der Waals surface area contributed by atoms with Gasteiger partial charge in [-0.15, -0.1) is 10.2 Å². The molecule has 1 heterocycles. The number of methoxy groups -OCH3 is 1. The molecule has 2 aromatic carbocycles. The Balaban J connectivity index is 1.98. The molecule has 8 heteroatoms. The summed E-state index contributed by atoms with van der Waals surface area (Å²) in [6.45, 7) is 3.48. The zero-order chi connectivity index (χ0) is 21.7. The lowest BCUT2D eigenvalue weighted by Gasteiger charge is -2.11.